The van der Waals surface area contributed by atoms with E-state index in [1.807, 2.05) is 0 Å². The lowest BCUT2D eigenvalue weighted by molar-refractivity contribution is -0.146. The van der Waals surface area contributed by atoms with E-state index >= 15 is 0 Å². The summed E-state index contributed by atoms with van der Waals surface area (Å²) in [6, 6.07) is 9.00. The van der Waals surface area contributed by atoms with Crippen molar-refractivity contribution < 1.29 is 18.0 Å². The number of urea groups is 1. The molecule has 0 fully saturated rings. The first-order valence-electron chi connectivity index (χ1n) is 7.54. The minimum atomic E-state index is -4.62. The van der Waals surface area contributed by atoms with E-state index in [0.29, 0.717) is 10.7 Å². The van der Waals surface area contributed by atoms with Crippen molar-refractivity contribution in [3.05, 3.63) is 53.4 Å². The number of carbonyl (C=O) groups excluding carboxylic acids is 1. The predicted octanol–water partition coefficient (Wildman–Crippen LogP) is 3.93. The zero-order valence-electron chi connectivity index (χ0n) is 13.2. The van der Waals surface area contributed by atoms with Crippen LogP contribution in [0.1, 0.15) is 5.82 Å². The number of hydrogen-bond acceptors (Lipinski definition) is 3. The third-order valence-corrected chi connectivity index (χ3v) is 3.83. The standard InChI is InChI=1S/C16H13ClF3N5O/c17-10-4-1-2-5-11(10)24-15(26)22-8-9-25-13-12(6-3-7-21-13)23-14(25)16(18,19)20/h1-7H,8-9H2,(H2,22,24,26). The molecular weight excluding hydrogens is 371 g/mol. The highest BCUT2D eigenvalue weighted by molar-refractivity contribution is 6.33. The van der Waals surface area contributed by atoms with Crippen LogP contribution in [0, 0.1) is 0 Å². The van der Waals surface area contributed by atoms with Crippen molar-refractivity contribution in [1.82, 2.24) is 19.9 Å². The van der Waals surface area contributed by atoms with E-state index in [0.717, 1.165) is 4.57 Å². The fraction of sp³-hybridized carbons (Fsp3) is 0.188. The fourth-order valence-electron chi connectivity index (χ4n) is 2.40. The molecule has 0 aliphatic carbocycles. The molecule has 0 saturated carbocycles. The van der Waals surface area contributed by atoms with E-state index in [9.17, 15) is 18.0 Å². The highest BCUT2D eigenvalue weighted by Gasteiger charge is 2.37. The summed E-state index contributed by atoms with van der Waals surface area (Å²) < 4.78 is 40.5. The van der Waals surface area contributed by atoms with E-state index in [1.165, 1.54) is 18.3 Å². The molecule has 0 unspecified atom stereocenters. The van der Waals surface area contributed by atoms with Crippen molar-refractivity contribution in [3.63, 3.8) is 0 Å². The van der Waals surface area contributed by atoms with Crippen molar-refractivity contribution in [2.75, 3.05) is 11.9 Å². The molecule has 26 heavy (non-hydrogen) atoms. The van der Waals surface area contributed by atoms with Crippen molar-refractivity contribution >= 4 is 34.5 Å². The van der Waals surface area contributed by atoms with Crippen LogP contribution in [0.25, 0.3) is 11.2 Å². The average molecular weight is 384 g/mol. The molecule has 0 atom stereocenters. The number of imidazole rings is 1. The molecule has 1 aromatic carbocycles. The minimum Gasteiger partial charge on any atom is -0.336 e. The number of nitrogens with one attached hydrogen (secondary N) is 2. The molecule has 0 saturated heterocycles. The van der Waals surface area contributed by atoms with Gasteiger partial charge in [-0.05, 0) is 24.3 Å². The quantitative estimate of drug-likeness (QED) is 0.717. The van der Waals surface area contributed by atoms with Gasteiger partial charge in [-0.2, -0.15) is 13.2 Å². The summed E-state index contributed by atoms with van der Waals surface area (Å²) in [4.78, 5) is 19.4. The van der Waals surface area contributed by atoms with E-state index in [-0.39, 0.29) is 24.3 Å². The van der Waals surface area contributed by atoms with Gasteiger partial charge in [0.15, 0.2) is 5.65 Å². The maximum absolute atomic E-state index is 13.2. The number of rotatable bonds is 4. The molecule has 2 heterocycles. The summed E-state index contributed by atoms with van der Waals surface area (Å²) in [7, 11) is 0. The first-order chi connectivity index (χ1) is 12.4. The number of fused-ring (bicyclic) bond motifs is 1. The summed E-state index contributed by atoms with van der Waals surface area (Å²) in [5.41, 5.74) is 0.644. The zero-order chi connectivity index (χ0) is 18.7. The highest BCUT2D eigenvalue weighted by Crippen LogP contribution is 2.30. The largest absolute Gasteiger partial charge is 0.449 e. The Balaban J connectivity index is 1.70. The number of amides is 2. The Hall–Kier alpha value is -2.81. The van der Waals surface area contributed by atoms with Crippen molar-refractivity contribution in [2.45, 2.75) is 12.7 Å². The smallest absolute Gasteiger partial charge is 0.336 e. The first kappa shape index (κ1) is 18.0. The number of para-hydroxylation sites is 1. The van der Waals surface area contributed by atoms with Gasteiger partial charge in [0.1, 0.15) is 5.52 Å². The van der Waals surface area contributed by atoms with Crippen LogP contribution in [0.15, 0.2) is 42.6 Å². The molecule has 0 aliphatic rings. The molecule has 0 radical (unpaired) electrons. The molecule has 2 amide bonds. The second-order valence-electron chi connectivity index (χ2n) is 5.29. The summed E-state index contributed by atoms with van der Waals surface area (Å²) in [6.07, 6.45) is -3.24. The van der Waals surface area contributed by atoms with Crippen molar-refractivity contribution in [3.8, 4) is 0 Å². The van der Waals surface area contributed by atoms with Gasteiger partial charge in [0.25, 0.3) is 0 Å². The molecule has 0 aliphatic heterocycles. The number of hydrogen-bond donors (Lipinski definition) is 2. The summed E-state index contributed by atoms with van der Waals surface area (Å²) >= 11 is 5.93. The Bertz CT molecular complexity index is 941. The number of halogens is 4. The van der Waals surface area contributed by atoms with Gasteiger partial charge in [-0.15, -0.1) is 0 Å². The number of aromatic nitrogens is 3. The third-order valence-electron chi connectivity index (χ3n) is 3.50. The van der Waals surface area contributed by atoms with Gasteiger partial charge in [0.05, 0.1) is 10.7 Å². The second kappa shape index (κ2) is 7.20. The zero-order valence-corrected chi connectivity index (χ0v) is 14.0. The van der Waals surface area contributed by atoms with Gasteiger partial charge in [0, 0.05) is 19.3 Å². The summed E-state index contributed by atoms with van der Waals surface area (Å²) in [6.45, 7) is -0.195. The van der Waals surface area contributed by atoms with Crippen molar-refractivity contribution in [1.29, 1.82) is 0 Å². The van der Waals surface area contributed by atoms with Crippen LogP contribution in [-0.4, -0.2) is 27.1 Å². The van der Waals surface area contributed by atoms with Gasteiger partial charge in [-0.3, -0.25) is 0 Å². The number of benzene rings is 1. The van der Waals surface area contributed by atoms with Crippen LogP contribution in [0.5, 0.6) is 0 Å². The van der Waals surface area contributed by atoms with Crippen LogP contribution in [0.3, 0.4) is 0 Å². The monoisotopic (exact) mass is 383 g/mol. The lowest BCUT2D eigenvalue weighted by Crippen LogP contribution is -2.32. The number of alkyl halides is 3. The Labute approximate surface area is 151 Å². The molecule has 136 valence electrons. The SMILES string of the molecule is O=C(NCCn1c(C(F)(F)F)nc2cccnc21)Nc1ccccc1Cl. The number of pyridine rings is 1. The second-order valence-corrected chi connectivity index (χ2v) is 5.70. The highest BCUT2D eigenvalue weighted by atomic mass is 35.5. The van der Waals surface area contributed by atoms with Gasteiger partial charge in [-0.1, -0.05) is 23.7 Å². The van der Waals surface area contributed by atoms with E-state index in [1.54, 1.807) is 24.3 Å². The van der Waals surface area contributed by atoms with Crippen LogP contribution in [-0.2, 0) is 12.7 Å². The molecule has 2 aromatic heterocycles. The Morgan fingerprint density at radius 3 is 2.69 bits per heavy atom. The minimum absolute atomic E-state index is 0.0542. The number of nitrogens with zero attached hydrogens (tertiary/aromatic N) is 3. The maximum atomic E-state index is 13.2. The first-order valence-corrected chi connectivity index (χ1v) is 7.92. The third kappa shape index (κ3) is 3.88. The normalized spacial score (nSPS) is 11.5. The van der Waals surface area contributed by atoms with Gasteiger partial charge >= 0.3 is 12.2 Å². The molecule has 6 nitrogen and oxygen atoms in total. The predicted molar refractivity (Wildman–Crippen MR) is 91.0 cm³/mol. The van der Waals surface area contributed by atoms with Crippen molar-refractivity contribution in [2.24, 2.45) is 0 Å². The summed E-state index contributed by atoms with van der Waals surface area (Å²) in [5.74, 6) is -1.06. The topological polar surface area (TPSA) is 71.8 Å². The Morgan fingerprint density at radius 1 is 1.19 bits per heavy atom. The molecule has 10 heteroatoms. The van der Waals surface area contributed by atoms with Crippen LogP contribution in [0.2, 0.25) is 5.02 Å². The molecular formula is C16H13ClF3N5O. The molecule has 2 N–H and O–H groups in total. The van der Waals surface area contributed by atoms with E-state index < -0.39 is 18.0 Å². The van der Waals surface area contributed by atoms with Gasteiger partial charge < -0.3 is 15.2 Å². The maximum Gasteiger partial charge on any atom is 0.449 e. The van der Waals surface area contributed by atoms with Crippen LogP contribution in [0.4, 0.5) is 23.7 Å². The fourth-order valence-corrected chi connectivity index (χ4v) is 2.58. The number of carbonyl (C=O) groups is 1. The van der Waals surface area contributed by atoms with E-state index in [4.69, 9.17) is 11.6 Å². The Morgan fingerprint density at radius 2 is 1.96 bits per heavy atom. The molecule has 3 rings (SSSR count). The average Bonchev–Trinajstić information content (AvgIpc) is 2.96. The lowest BCUT2D eigenvalue weighted by Gasteiger charge is -2.12. The van der Waals surface area contributed by atoms with Crippen LogP contribution >= 0.6 is 11.6 Å². The Kier molecular flexibility index (Phi) is 4.99. The van der Waals surface area contributed by atoms with E-state index in [2.05, 4.69) is 20.6 Å². The van der Waals surface area contributed by atoms with Gasteiger partial charge in [0.2, 0.25) is 5.82 Å². The number of anilines is 1. The van der Waals surface area contributed by atoms with Gasteiger partial charge in [-0.25, -0.2) is 14.8 Å². The molecule has 3 aromatic rings. The molecule has 0 bridgehead atoms. The molecule has 0 spiro atoms. The lowest BCUT2D eigenvalue weighted by atomic mass is 10.3. The van der Waals surface area contributed by atoms with Crippen LogP contribution < -0.4 is 10.6 Å². The summed E-state index contributed by atoms with van der Waals surface area (Å²) in [5, 5.41) is 5.37.